The molecule has 0 radical (unpaired) electrons. The lowest BCUT2D eigenvalue weighted by molar-refractivity contribution is -0.0527. The molecule has 0 saturated carbocycles. The topological polar surface area (TPSA) is 189 Å². The summed E-state index contributed by atoms with van der Waals surface area (Å²) in [6, 6.07) is 0. The Bertz CT molecular complexity index is 914. The minimum Gasteiger partial charge on any atom is -0.387 e. The van der Waals surface area contributed by atoms with E-state index < -0.39 is 41.5 Å². The average molecular weight is 372 g/mol. The van der Waals surface area contributed by atoms with E-state index in [0.29, 0.717) is 11.1 Å². The molecule has 0 aliphatic carbocycles. The molecule has 0 spiro atoms. The van der Waals surface area contributed by atoms with Gasteiger partial charge in [-0.3, -0.25) is 4.18 Å². The zero-order chi connectivity index (χ0) is 18.4. The van der Waals surface area contributed by atoms with E-state index >= 15 is 0 Å². The van der Waals surface area contributed by atoms with Gasteiger partial charge in [0.25, 0.3) is 0 Å². The lowest BCUT2D eigenvalue weighted by Crippen LogP contribution is -2.35. The fourth-order valence-electron chi connectivity index (χ4n) is 2.57. The molecule has 1 aliphatic rings. The Balaban J connectivity index is 1.96. The summed E-state index contributed by atoms with van der Waals surface area (Å²) in [5.41, 5.74) is 6.44. The lowest BCUT2D eigenvalue weighted by atomic mass is 10.1. The summed E-state index contributed by atoms with van der Waals surface area (Å²) in [5, 5.41) is 29.7. The van der Waals surface area contributed by atoms with Crippen molar-refractivity contribution in [3.8, 4) is 0 Å². The van der Waals surface area contributed by atoms with Gasteiger partial charge in [0, 0.05) is 0 Å². The molecule has 1 saturated heterocycles. The van der Waals surface area contributed by atoms with Crippen molar-refractivity contribution >= 4 is 33.2 Å². The van der Waals surface area contributed by atoms with Gasteiger partial charge in [0.05, 0.1) is 17.7 Å². The summed E-state index contributed by atoms with van der Waals surface area (Å²) in [5.74, 6) is 0.160. The van der Waals surface area contributed by atoms with E-state index in [1.54, 1.807) is 0 Å². The van der Waals surface area contributed by atoms with Crippen LogP contribution in [0.1, 0.15) is 11.9 Å². The second kappa shape index (κ2) is 6.29. The number of anilines is 1. The molecule has 0 amide bonds. The fourth-order valence-corrected chi connectivity index (χ4v) is 2.90. The summed E-state index contributed by atoms with van der Waals surface area (Å²) in [4.78, 5) is 7.94. The Morgan fingerprint density at radius 2 is 2.12 bits per heavy atom. The van der Waals surface area contributed by atoms with Gasteiger partial charge in [-0.05, 0) is 6.08 Å². The number of nitrogens with two attached hydrogens (primary N) is 2. The molecular formula is C12H16N6O6S. The summed E-state index contributed by atoms with van der Waals surface area (Å²) in [7, 11) is -4.22. The van der Waals surface area contributed by atoms with E-state index in [2.05, 4.69) is 25.8 Å². The van der Waals surface area contributed by atoms with E-state index in [1.165, 1.54) is 17.1 Å². The van der Waals surface area contributed by atoms with Crippen molar-refractivity contribution in [2.45, 2.75) is 24.5 Å². The first-order valence-electron chi connectivity index (χ1n) is 7.03. The molecular weight excluding hydrogens is 356 g/mol. The van der Waals surface area contributed by atoms with Crippen molar-refractivity contribution in [1.82, 2.24) is 19.7 Å². The molecule has 0 bridgehead atoms. The highest BCUT2D eigenvalue weighted by Gasteiger charge is 2.45. The van der Waals surface area contributed by atoms with Crippen LogP contribution < -0.4 is 10.9 Å². The molecule has 13 heteroatoms. The number of nitrogens with zero attached hydrogens (tertiary/aromatic N) is 4. The number of nitrogen functional groups attached to an aromatic ring is 1. The number of aliphatic hydroxyl groups excluding tert-OH is 2. The minimum absolute atomic E-state index is 0.160. The molecule has 2 aromatic rings. The molecule has 1 aliphatic heterocycles. The SMILES string of the molecule is C=Cc1nn([C@@H]2OC(COS(N)(=O)=O)C(O)[C@H]2O)c2ncnc(N)c12. The normalized spacial score (nSPS) is 27.0. The predicted octanol–water partition coefficient (Wildman–Crippen LogP) is -2.11. The van der Waals surface area contributed by atoms with Crippen molar-refractivity contribution in [3.05, 3.63) is 18.6 Å². The number of rotatable bonds is 5. The zero-order valence-electron chi connectivity index (χ0n) is 12.8. The van der Waals surface area contributed by atoms with Gasteiger partial charge in [-0.1, -0.05) is 6.58 Å². The fraction of sp³-hybridized carbons (Fsp3) is 0.417. The largest absolute Gasteiger partial charge is 0.387 e. The first-order chi connectivity index (χ1) is 11.7. The summed E-state index contributed by atoms with van der Waals surface area (Å²) >= 11 is 0. The number of fused-ring (bicyclic) bond motifs is 1. The van der Waals surface area contributed by atoms with Crippen molar-refractivity contribution in [1.29, 1.82) is 0 Å². The second-order valence-electron chi connectivity index (χ2n) is 5.32. The van der Waals surface area contributed by atoms with Crippen LogP contribution in [0.3, 0.4) is 0 Å². The number of ether oxygens (including phenoxy) is 1. The van der Waals surface area contributed by atoms with Crippen molar-refractivity contribution in [2.75, 3.05) is 12.3 Å². The van der Waals surface area contributed by atoms with Gasteiger partial charge in [0.1, 0.15) is 30.5 Å². The average Bonchev–Trinajstić information content (AvgIpc) is 3.05. The lowest BCUT2D eigenvalue weighted by Gasteiger charge is -2.15. The molecule has 1 fully saturated rings. The number of aliphatic hydroxyl groups is 2. The van der Waals surface area contributed by atoms with Gasteiger partial charge < -0.3 is 20.7 Å². The molecule has 2 aromatic heterocycles. The van der Waals surface area contributed by atoms with E-state index in [9.17, 15) is 18.6 Å². The Hall–Kier alpha value is -2.16. The Labute approximate surface area is 141 Å². The van der Waals surface area contributed by atoms with E-state index in [-0.39, 0.29) is 11.5 Å². The van der Waals surface area contributed by atoms with Crippen LogP contribution in [0.2, 0.25) is 0 Å². The third kappa shape index (κ3) is 3.20. The molecule has 12 nitrogen and oxygen atoms in total. The number of aromatic nitrogens is 4. The number of hydrogen-bond donors (Lipinski definition) is 4. The van der Waals surface area contributed by atoms with Crippen LogP contribution in [0.25, 0.3) is 17.1 Å². The van der Waals surface area contributed by atoms with Crippen LogP contribution in [-0.4, -0.2) is 63.3 Å². The third-order valence-corrected chi connectivity index (χ3v) is 4.18. The molecule has 25 heavy (non-hydrogen) atoms. The first-order valence-corrected chi connectivity index (χ1v) is 8.50. The van der Waals surface area contributed by atoms with Crippen LogP contribution in [0.5, 0.6) is 0 Å². The summed E-state index contributed by atoms with van der Waals surface area (Å²) < 4.78 is 32.9. The van der Waals surface area contributed by atoms with Crippen molar-refractivity contribution in [2.24, 2.45) is 5.14 Å². The van der Waals surface area contributed by atoms with Crippen LogP contribution in [0, 0.1) is 0 Å². The highest BCUT2D eigenvalue weighted by molar-refractivity contribution is 7.84. The maximum absolute atomic E-state index is 10.9. The van der Waals surface area contributed by atoms with Gasteiger partial charge in [-0.2, -0.15) is 13.5 Å². The highest BCUT2D eigenvalue weighted by atomic mass is 32.2. The predicted molar refractivity (Wildman–Crippen MR) is 84.8 cm³/mol. The molecule has 6 N–H and O–H groups in total. The maximum atomic E-state index is 10.9. The molecule has 2 unspecified atom stereocenters. The Morgan fingerprint density at radius 1 is 1.40 bits per heavy atom. The molecule has 3 heterocycles. The first kappa shape index (κ1) is 17.7. The number of hydrogen-bond acceptors (Lipinski definition) is 10. The summed E-state index contributed by atoms with van der Waals surface area (Å²) in [6.07, 6.45) is -2.53. The zero-order valence-corrected chi connectivity index (χ0v) is 13.6. The Morgan fingerprint density at radius 3 is 2.76 bits per heavy atom. The van der Waals surface area contributed by atoms with E-state index in [0.717, 1.165) is 0 Å². The molecule has 4 atom stereocenters. The van der Waals surface area contributed by atoms with Gasteiger partial charge in [-0.25, -0.2) is 19.8 Å². The van der Waals surface area contributed by atoms with Gasteiger partial charge in [0.2, 0.25) is 0 Å². The van der Waals surface area contributed by atoms with Crippen LogP contribution in [0.15, 0.2) is 12.9 Å². The highest BCUT2D eigenvalue weighted by Crippen LogP contribution is 2.33. The van der Waals surface area contributed by atoms with Gasteiger partial charge in [-0.15, -0.1) is 0 Å². The molecule has 0 aromatic carbocycles. The van der Waals surface area contributed by atoms with Crippen LogP contribution >= 0.6 is 0 Å². The Kier molecular flexibility index (Phi) is 4.44. The minimum atomic E-state index is -4.22. The molecule has 3 rings (SSSR count). The van der Waals surface area contributed by atoms with Crippen LogP contribution in [-0.2, 0) is 19.2 Å². The monoisotopic (exact) mass is 372 g/mol. The van der Waals surface area contributed by atoms with E-state index in [4.69, 9.17) is 15.6 Å². The van der Waals surface area contributed by atoms with Gasteiger partial charge >= 0.3 is 10.3 Å². The smallest absolute Gasteiger partial charge is 0.333 e. The van der Waals surface area contributed by atoms with E-state index in [1.807, 2.05) is 0 Å². The maximum Gasteiger partial charge on any atom is 0.333 e. The van der Waals surface area contributed by atoms with Crippen molar-refractivity contribution in [3.63, 3.8) is 0 Å². The standard InChI is InChI=1S/C12H16N6O6S/c1-2-5-7-10(13)15-4-16-11(7)18(17-5)12-9(20)8(19)6(24-12)3-23-25(14,21)22/h2,4,6,8-9,12,19-20H,1,3H2,(H2,13,15,16)(H2,14,21,22)/t6?,8?,9-,12-/m1/s1. The van der Waals surface area contributed by atoms with Crippen LogP contribution in [0.4, 0.5) is 5.82 Å². The second-order valence-corrected chi connectivity index (χ2v) is 6.54. The summed E-state index contributed by atoms with van der Waals surface area (Å²) in [6.45, 7) is 3.06. The van der Waals surface area contributed by atoms with Crippen molar-refractivity contribution < 1.29 is 27.6 Å². The third-order valence-electron chi connectivity index (χ3n) is 3.71. The molecule has 136 valence electrons. The quantitative estimate of drug-likeness (QED) is 0.452. The van der Waals surface area contributed by atoms with Gasteiger partial charge in [0.15, 0.2) is 11.9 Å².